The summed E-state index contributed by atoms with van der Waals surface area (Å²) in [5.41, 5.74) is 0. The van der Waals surface area contributed by atoms with E-state index in [1.54, 1.807) is 0 Å². The molecule has 0 aromatic rings. The quantitative estimate of drug-likeness (QED) is 0.193. The molecule has 0 aliphatic heterocycles. The molecule has 0 rings (SSSR count). The maximum absolute atomic E-state index is 12.3. The van der Waals surface area contributed by atoms with E-state index in [1.165, 1.54) is 38.5 Å². The number of hydrogen-bond acceptors (Lipinski definition) is 2. The third kappa shape index (κ3) is 13.3. The van der Waals surface area contributed by atoms with Crippen molar-refractivity contribution in [3.63, 3.8) is 0 Å². The molecule has 0 atom stereocenters. The van der Waals surface area contributed by atoms with E-state index in [0.717, 1.165) is 25.7 Å². The molecule has 0 spiro atoms. The fraction of sp³-hybridized carbons (Fsp3) is 0.706. The van der Waals surface area contributed by atoms with Crippen molar-refractivity contribution in [3.8, 4) is 0 Å². The largest absolute Gasteiger partial charge is 0.460 e. The van der Waals surface area contributed by atoms with Gasteiger partial charge in [0.25, 0.3) is 0 Å². The highest BCUT2D eigenvalue weighted by Gasteiger charge is 2.05. The molecule has 0 unspecified atom stereocenters. The Balaban J connectivity index is 3.12. The molecule has 0 fully saturated rings. The first-order valence-corrected chi connectivity index (χ1v) is 7.85. The summed E-state index contributed by atoms with van der Waals surface area (Å²) < 4.78 is 16.9. The first kappa shape index (κ1) is 18.9. The van der Waals surface area contributed by atoms with E-state index >= 15 is 0 Å². The average Bonchev–Trinajstić information content (AvgIpc) is 2.43. The van der Waals surface area contributed by atoms with Gasteiger partial charge < -0.3 is 4.74 Å². The van der Waals surface area contributed by atoms with Crippen molar-refractivity contribution >= 4 is 5.97 Å². The molecule has 0 saturated heterocycles. The molecule has 0 N–H and O–H groups in total. The molecule has 116 valence electrons. The van der Waals surface area contributed by atoms with E-state index in [9.17, 15) is 9.18 Å². The monoisotopic (exact) mass is 284 g/mol. The maximum Gasteiger partial charge on any atom is 0.366 e. The van der Waals surface area contributed by atoms with Crippen LogP contribution in [0.15, 0.2) is 24.6 Å². The Morgan fingerprint density at radius 1 is 1.00 bits per heavy atom. The molecule has 20 heavy (non-hydrogen) atoms. The normalized spacial score (nSPS) is 10.9. The number of halogens is 1. The fourth-order valence-corrected chi connectivity index (χ4v) is 1.95. The van der Waals surface area contributed by atoms with Gasteiger partial charge in [-0.05, 0) is 25.7 Å². The van der Waals surface area contributed by atoms with E-state index in [4.69, 9.17) is 0 Å². The van der Waals surface area contributed by atoms with Crippen molar-refractivity contribution < 1.29 is 13.9 Å². The highest BCUT2D eigenvalue weighted by Crippen LogP contribution is 2.10. The summed E-state index contributed by atoms with van der Waals surface area (Å²) in [6.07, 6.45) is 16.2. The van der Waals surface area contributed by atoms with Crippen molar-refractivity contribution in [1.82, 2.24) is 0 Å². The Labute approximate surface area is 123 Å². The molecule has 3 heteroatoms. The molecular weight excluding hydrogens is 255 g/mol. The SMILES string of the molecule is C=C(F)C(=O)OCCCCCCCCCCC=CCC. The van der Waals surface area contributed by atoms with Gasteiger partial charge in [0.1, 0.15) is 0 Å². The van der Waals surface area contributed by atoms with Gasteiger partial charge in [-0.25, -0.2) is 4.79 Å². The van der Waals surface area contributed by atoms with Gasteiger partial charge in [-0.3, -0.25) is 0 Å². The predicted octanol–water partition coefficient (Wildman–Crippen LogP) is 5.49. The number of hydrogen-bond donors (Lipinski definition) is 0. The Morgan fingerprint density at radius 2 is 1.55 bits per heavy atom. The van der Waals surface area contributed by atoms with Gasteiger partial charge in [-0.15, -0.1) is 0 Å². The summed E-state index contributed by atoms with van der Waals surface area (Å²) in [6.45, 7) is 5.35. The molecule has 0 aromatic heterocycles. The molecule has 0 radical (unpaired) electrons. The summed E-state index contributed by atoms with van der Waals surface area (Å²) in [6, 6.07) is 0. The first-order valence-electron chi connectivity index (χ1n) is 7.85. The van der Waals surface area contributed by atoms with Crippen LogP contribution in [0, 0.1) is 0 Å². The predicted molar refractivity (Wildman–Crippen MR) is 82.2 cm³/mol. The summed E-state index contributed by atoms with van der Waals surface area (Å²) in [4.78, 5) is 10.7. The maximum atomic E-state index is 12.3. The average molecular weight is 284 g/mol. The minimum atomic E-state index is -1.02. The zero-order chi connectivity index (χ0) is 15.1. The number of esters is 1. The summed E-state index contributed by atoms with van der Waals surface area (Å²) in [5.74, 6) is -1.94. The van der Waals surface area contributed by atoms with Crippen molar-refractivity contribution in [3.05, 3.63) is 24.6 Å². The lowest BCUT2D eigenvalue weighted by Crippen LogP contribution is -2.05. The lowest BCUT2D eigenvalue weighted by Gasteiger charge is -2.03. The van der Waals surface area contributed by atoms with Crippen LogP contribution in [0.1, 0.15) is 71.1 Å². The van der Waals surface area contributed by atoms with Crippen molar-refractivity contribution in [2.24, 2.45) is 0 Å². The van der Waals surface area contributed by atoms with Crippen LogP contribution in [0.2, 0.25) is 0 Å². The molecule has 0 aliphatic carbocycles. The summed E-state index contributed by atoms with van der Waals surface area (Å²) >= 11 is 0. The van der Waals surface area contributed by atoms with Gasteiger partial charge in [0.2, 0.25) is 5.83 Å². The molecule has 2 nitrogen and oxygen atoms in total. The van der Waals surface area contributed by atoms with Gasteiger partial charge in [-0.1, -0.05) is 64.2 Å². The van der Waals surface area contributed by atoms with E-state index < -0.39 is 11.8 Å². The Hall–Kier alpha value is -1.12. The van der Waals surface area contributed by atoms with E-state index in [0.29, 0.717) is 6.61 Å². The molecule has 0 saturated carbocycles. The zero-order valence-corrected chi connectivity index (χ0v) is 12.8. The van der Waals surface area contributed by atoms with Crippen LogP contribution in [0.5, 0.6) is 0 Å². The third-order valence-electron chi connectivity index (χ3n) is 3.12. The number of unbranched alkanes of at least 4 members (excludes halogenated alkanes) is 8. The number of ether oxygens (including phenoxy) is 1. The van der Waals surface area contributed by atoms with Gasteiger partial charge in [0, 0.05) is 0 Å². The molecule has 0 bridgehead atoms. The lowest BCUT2D eigenvalue weighted by atomic mass is 10.1. The van der Waals surface area contributed by atoms with Gasteiger partial charge >= 0.3 is 5.97 Å². The van der Waals surface area contributed by atoms with Crippen LogP contribution in [-0.4, -0.2) is 12.6 Å². The molecule has 0 amide bonds. The van der Waals surface area contributed by atoms with Crippen LogP contribution in [0.3, 0.4) is 0 Å². The highest BCUT2D eigenvalue weighted by atomic mass is 19.1. The standard InChI is InChI=1S/C17H29FO2/c1-3-4-5-6-7-8-9-10-11-12-13-14-15-20-17(19)16(2)18/h4-5H,2-3,6-15H2,1H3. The third-order valence-corrected chi connectivity index (χ3v) is 3.12. The smallest absolute Gasteiger partial charge is 0.366 e. The Morgan fingerprint density at radius 3 is 2.10 bits per heavy atom. The molecule has 0 aromatic carbocycles. The molecule has 0 heterocycles. The second kappa shape index (κ2) is 14.3. The minimum absolute atomic E-state index is 0.297. The number of allylic oxidation sites excluding steroid dienone is 2. The molecular formula is C17H29FO2. The number of rotatable bonds is 13. The number of carbonyl (C=O) groups excluding carboxylic acids is 1. The summed E-state index contributed by atoms with van der Waals surface area (Å²) in [5, 5.41) is 0. The lowest BCUT2D eigenvalue weighted by molar-refractivity contribution is -0.140. The van der Waals surface area contributed by atoms with E-state index in [2.05, 4.69) is 30.4 Å². The van der Waals surface area contributed by atoms with Crippen LogP contribution in [0.25, 0.3) is 0 Å². The van der Waals surface area contributed by atoms with Crippen molar-refractivity contribution in [1.29, 1.82) is 0 Å². The van der Waals surface area contributed by atoms with E-state index in [-0.39, 0.29) is 0 Å². The van der Waals surface area contributed by atoms with Crippen LogP contribution >= 0.6 is 0 Å². The van der Waals surface area contributed by atoms with Crippen LogP contribution in [0.4, 0.5) is 4.39 Å². The second-order valence-corrected chi connectivity index (χ2v) is 5.04. The van der Waals surface area contributed by atoms with Gasteiger partial charge in [0.05, 0.1) is 6.61 Å². The van der Waals surface area contributed by atoms with Crippen LogP contribution in [-0.2, 0) is 9.53 Å². The Bertz CT molecular complexity index is 285. The fourth-order valence-electron chi connectivity index (χ4n) is 1.95. The second-order valence-electron chi connectivity index (χ2n) is 5.04. The summed E-state index contributed by atoms with van der Waals surface area (Å²) in [7, 11) is 0. The Kier molecular flexibility index (Phi) is 13.5. The first-order chi connectivity index (χ1) is 9.68. The minimum Gasteiger partial charge on any atom is -0.460 e. The zero-order valence-electron chi connectivity index (χ0n) is 12.8. The topological polar surface area (TPSA) is 26.3 Å². The van der Waals surface area contributed by atoms with Crippen LogP contribution < -0.4 is 0 Å². The van der Waals surface area contributed by atoms with E-state index in [1.807, 2.05) is 0 Å². The van der Waals surface area contributed by atoms with Gasteiger partial charge in [0.15, 0.2) is 0 Å². The van der Waals surface area contributed by atoms with Crippen molar-refractivity contribution in [2.75, 3.05) is 6.61 Å². The highest BCUT2D eigenvalue weighted by molar-refractivity contribution is 5.85. The van der Waals surface area contributed by atoms with Crippen molar-refractivity contribution in [2.45, 2.75) is 71.1 Å². The number of carbonyl (C=O) groups is 1. The molecule has 0 aliphatic rings. The van der Waals surface area contributed by atoms with Gasteiger partial charge in [-0.2, -0.15) is 4.39 Å².